The van der Waals surface area contributed by atoms with E-state index >= 15 is 0 Å². The predicted octanol–water partition coefficient (Wildman–Crippen LogP) is 4.43. The van der Waals surface area contributed by atoms with Crippen molar-refractivity contribution in [3.8, 4) is 11.1 Å². The quantitative estimate of drug-likeness (QED) is 0.771. The van der Waals surface area contributed by atoms with Crippen LogP contribution in [0, 0.1) is 11.7 Å². The van der Waals surface area contributed by atoms with Gasteiger partial charge in [-0.05, 0) is 61.1 Å². The molecule has 2 saturated heterocycles. The van der Waals surface area contributed by atoms with Gasteiger partial charge in [0.05, 0.1) is 6.61 Å². The number of fused-ring (bicyclic) bond motifs is 1. The molecule has 3 fully saturated rings. The minimum absolute atomic E-state index is 0.0987. The maximum Gasteiger partial charge on any atom is 0.225 e. The van der Waals surface area contributed by atoms with E-state index in [-0.39, 0.29) is 36.3 Å². The van der Waals surface area contributed by atoms with Gasteiger partial charge in [-0.3, -0.25) is 9.69 Å². The molecule has 170 valence electrons. The molecule has 3 atom stereocenters. The van der Waals surface area contributed by atoms with Crippen LogP contribution in [-0.4, -0.2) is 59.1 Å². The zero-order valence-corrected chi connectivity index (χ0v) is 18.6. The Kier molecular flexibility index (Phi) is 6.29. The van der Waals surface area contributed by atoms with Crippen LogP contribution in [0.15, 0.2) is 48.5 Å². The molecule has 1 saturated carbocycles. The Labute approximate surface area is 190 Å². The molecule has 1 amide bonds. The van der Waals surface area contributed by atoms with Crippen LogP contribution in [0.25, 0.3) is 11.1 Å². The summed E-state index contributed by atoms with van der Waals surface area (Å²) in [6, 6.07) is 15.3. The highest BCUT2D eigenvalue weighted by Crippen LogP contribution is 2.42. The van der Waals surface area contributed by atoms with Gasteiger partial charge in [-0.25, -0.2) is 4.39 Å². The highest BCUT2D eigenvalue weighted by atomic mass is 19.1. The van der Waals surface area contributed by atoms with Gasteiger partial charge < -0.3 is 10.0 Å². The van der Waals surface area contributed by atoms with Crippen LogP contribution in [0.1, 0.15) is 50.0 Å². The van der Waals surface area contributed by atoms with E-state index in [4.69, 9.17) is 0 Å². The first-order valence-electron chi connectivity index (χ1n) is 12.2. The summed E-state index contributed by atoms with van der Waals surface area (Å²) in [5.41, 5.74) is 3.05. The van der Waals surface area contributed by atoms with Gasteiger partial charge in [0.2, 0.25) is 5.91 Å². The molecule has 2 aliphatic heterocycles. The number of hydrogen-bond acceptors (Lipinski definition) is 3. The number of amides is 1. The Morgan fingerprint density at radius 3 is 2.44 bits per heavy atom. The van der Waals surface area contributed by atoms with Crippen LogP contribution in [0.3, 0.4) is 0 Å². The topological polar surface area (TPSA) is 43.8 Å². The number of benzene rings is 2. The third-order valence-corrected chi connectivity index (χ3v) is 7.84. The van der Waals surface area contributed by atoms with Gasteiger partial charge in [-0.1, -0.05) is 49.2 Å². The van der Waals surface area contributed by atoms with Gasteiger partial charge in [0.15, 0.2) is 0 Å². The molecule has 2 aromatic carbocycles. The summed E-state index contributed by atoms with van der Waals surface area (Å²) in [6.07, 6.45) is 6.51. The SMILES string of the molecule is O=C(C1CCCC1)N1CCCCN2[C@H](CO)[C@H](c3ccc(-c4cccc(F)c4)cc3)[C@H]2C1. The summed E-state index contributed by atoms with van der Waals surface area (Å²) >= 11 is 0. The van der Waals surface area contributed by atoms with Crippen molar-refractivity contribution < 1.29 is 14.3 Å². The average molecular weight is 437 g/mol. The fourth-order valence-electron chi connectivity index (χ4n) is 6.14. The van der Waals surface area contributed by atoms with E-state index in [1.807, 2.05) is 18.2 Å². The third-order valence-electron chi connectivity index (χ3n) is 7.84. The lowest BCUT2D eigenvalue weighted by Gasteiger charge is -2.57. The molecule has 0 unspecified atom stereocenters. The van der Waals surface area contributed by atoms with Crippen LogP contribution < -0.4 is 0 Å². The molecule has 5 heteroatoms. The first-order valence-corrected chi connectivity index (χ1v) is 12.2. The normalized spacial score (nSPS) is 26.8. The van der Waals surface area contributed by atoms with Crippen molar-refractivity contribution in [2.24, 2.45) is 5.92 Å². The summed E-state index contributed by atoms with van der Waals surface area (Å²) < 4.78 is 13.6. The number of hydrogen-bond donors (Lipinski definition) is 1. The van der Waals surface area contributed by atoms with E-state index in [1.54, 1.807) is 12.1 Å². The van der Waals surface area contributed by atoms with Crippen molar-refractivity contribution in [2.75, 3.05) is 26.2 Å². The molecular formula is C27H33FN2O2. The maximum absolute atomic E-state index is 13.6. The maximum atomic E-state index is 13.6. The van der Waals surface area contributed by atoms with E-state index in [2.05, 4.69) is 21.9 Å². The van der Waals surface area contributed by atoms with E-state index in [1.165, 1.54) is 24.5 Å². The first-order chi connectivity index (χ1) is 15.7. The smallest absolute Gasteiger partial charge is 0.225 e. The molecule has 3 aliphatic rings. The van der Waals surface area contributed by atoms with Crippen molar-refractivity contribution in [3.63, 3.8) is 0 Å². The Morgan fingerprint density at radius 1 is 0.969 bits per heavy atom. The second kappa shape index (κ2) is 9.32. The predicted molar refractivity (Wildman–Crippen MR) is 124 cm³/mol. The number of carbonyl (C=O) groups excluding carboxylic acids is 1. The molecule has 0 spiro atoms. The van der Waals surface area contributed by atoms with Gasteiger partial charge in [0.25, 0.3) is 0 Å². The zero-order chi connectivity index (χ0) is 22.1. The minimum atomic E-state index is -0.233. The average Bonchev–Trinajstić information content (AvgIpc) is 3.33. The number of aliphatic hydroxyl groups is 1. The van der Waals surface area contributed by atoms with Gasteiger partial charge in [0, 0.05) is 37.0 Å². The van der Waals surface area contributed by atoms with Crippen LogP contribution >= 0.6 is 0 Å². The van der Waals surface area contributed by atoms with Crippen LogP contribution in [0.5, 0.6) is 0 Å². The Bertz CT molecular complexity index is 941. The summed E-state index contributed by atoms with van der Waals surface area (Å²) in [5, 5.41) is 10.2. The van der Waals surface area contributed by atoms with Crippen LogP contribution in [-0.2, 0) is 4.79 Å². The second-order valence-corrected chi connectivity index (χ2v) is 9.69. The molecule has 0 radical (unpaired) electrons. The summed E-state index contributed by atoms with van der Waals surface area (Å²) in [6.45, 7) is 2.72. The molecule has 2 heterocycles. The number of halogens is 1. The monoisotopic (exact) mass is 436 g/mol. The molecule has 0 aromatic heterocycles. The molecular weight excluding hydrogens is 403 g/mol. The molecule has 5 rings (SSSR count). The minimum Gasteiger partial charge on any atom is -0.395 e. The molecule has 2 aromatic rings. The largest absolute Gasteiger partial charge is 0.395 e. The van der Waals surface area contributed by atoms with Crippen molar-refractivity contribution >= 4 is 5.91 Å². The lowest BCUT2D eigenvalue weighted by molar-refractivity contribution is -0.140. The summed E-state index contributed by atoms with van der Waals surface area (Å²) in [5.74, 6) is 0.527. The standard InChI is InChI=1S/C27H33FN2O2/c28-23-9-5-8-22(16-23)19-10-12-20(13-11-19)26-24-17-29(27(32)21-6-1-2-7-21)14-3-4-15-30(24)25(26)18-31/h5,8-13,16,21,24-26,31H,1-4,6-7,14-15,17-18H2/t24-,25-,26-/m1/s1. The molecule has 1 N–H and O–H groups in total. The second-order valence-electron chi connectivity index (χ2n) is 9.69. The van der Waals surface area contributed by atoms with Gasteiger partial charge >= 0.3 is 0 Å². The highest BCUT2D eigenvalue weighted by molar-refractivity contribution is 5.79. The lowest BCUT2D eigenvalue weighted by atomic mass is 9.74. The van der Waals surface area contributed by atoms with Crippen molar-refractivity contribution in [1.82, 2.24) is 9.80 Å². The fraction of sp³-hybridized carbons (Fsp3) is 0.519. The number of carbonyl (C=O) groups is 1. The number of rotatable bonds is 4. The Morgan fingerprint density at radius 2 is 1.72 bits per heavy atom. The van der Waals surface area contributed by atoms with Gasteiger partial charge in [-0.2, -0.15) is 0 Å². The molecule has 0 bridgehead atoms. The molecule has 4 nitrogen and oxygen atoms in total. The summed E-state index contributed by atoms with van der Waals surface area (Å²) in [7, 11) is 0. The summed E-state index contributed by atoms with van der Waals surface area (Å²) in [4.78, 5) is 17.7. The van der Waals surface area contributed by atoms with Gasteiger partial charge in [0.1, 0.15) is 5.82 Å². The fourth-order valence-corrected chi connectivity index (χ4v) is 6.14. The van der Waals surface area contributed by atoms with Crippen molar-refractivity contribution in [1.29, 1.82) is 0 Å². The molecule has 1 aliphatic carbocycles. The van der Waals surface area contributed by atoms with Crippen LogP contribution in [0.4, 0.5) is 4.39 Å². The number of aliphatic hydroxyl groups excluding tert-OH is 1. The van der Waals surface area contributed by atoms with E-state index in [0.717, 1.165) is 56.4 Å². The molecule has 32 heavy (non-hydrogen) atoms. The van der Waals surface area contributed by atoms with E-state index in [9.17, 15) is 14.3 Å². The Balaban J connectivity index is 1.37. The van der Waals surface area contributed by atoms with Crippen molar-refractivity contribution in [2.45, 2.75) is 56.5 Å². The van der Waals surface area contributed by atoms with E-state index in [0.29, 0.717) is 5.91 Å². The number of nitrogens with zero attached hydrogens (tertiary/aromatic N) is 2. The highest BCUT2D eigenvalue weighted by Gasteiger charge is 2.49. The lowest BCUT2D eigenvalue weighted by Crippen LogP contribution is -2.68. The van der Waals surface area contributed by atoms with Crippen molar-refractivity contribution in [3.05, 3.63) is 59.9 Å². The van der Waals surface area contributed by atoms with E-state index < -0.39 is 0 Å². The van der Waals surface area contributed by atoms with Crippen LogP contribution in [0.2, 0.25) is 0 Å². The van der Waals surface area contributed by atoms with Gasteiger partial charge in [-0.15, -0.1) is 0 Å². The zero-order valence-electron chi connectivity index (χ0n) is 18.6. The Hall–Kier alpha value is -2.24. The third kappa shape index (κ3) is 4.08. The first kappa shape index (κ1) is 21.6.